The molecule has 8 heteroatoms. The average Bonchev–Trinajstić information content (AvgIpc) is 2.62. The Kier molecular flexibility index (Phi) is 5.01. The van der Waals surface area contributed by atoms with E-state index in [1.807, 2.05) is 0 Å². The van der Waals surface area contributed by atoms with Crippen LogP contribution in [0.5, 0.6) is 0 Å². The first-order valence-electron chi connectivity index (χ1n) is 7.79. The maximum absolute atomic E-state index is 14.0. The van der Waals surface area contributed by atoms with Gasteiger partial charge in [-0.25, -0.2) is 21.6 Å². The van der Waals surface area contributed by atoms with Crippen molar-refractivity contribution >= 4 is 15.5 Å². The molecule has 0 amide bonds. The summed E-state index contributed by atoms with van der Waals surface area (Å²) in [6.07, 6.45) is -3.00. The molecule has 0 bridgehead atoms. The van der Waals surface area contributed by atoms with Crippen molar-refractivity contribution in [2.75, 3.05) is 31.1 Å². The quantitative estimate of drug-likeness (QED) is 0.899. The zero-order valence-corrected chi connectivity index (χ0v) is 14.1. The molecule has 0 aliphatic carbocycles. The highest BCUT2D eigenvalue weighted by molar-refractivity contribution is 7.91. The third-order valence-corrected chi connectivity index (χ3v) is 5.98. The van der Waals surface area contributed by atoms with Crippen LogP contribution in [0.4, 0.5) is 18.9 Å². The molecule has 1 N–H and O–H groups in total. The minimum atomic E-state index is -4.40. The van der Waals surface area contributed by atoms with Crippen molar-refractivity contribution in [2.24, 2.45) is 0 Å². The molecule has 0 unspecified atom stereocenters. The SMILES string of the molecule is O=S(=O)(c1ccccc1F)c1cccc(N2CCNCC2)c1C(F)F. The topological polar surface area (TPSA) is 49.4 Å². The molecule has 0 spiro atoms. The fraction of sp³-hybridized carbons (Fsp3) is 0.294. The molecule has 1 aliphatic heterocycles. The fourth-order valence-corrected chi connectivity index (χ4v) is 4.51. The summed E-state index contributed by atoms with van der Waals surface area (Å²) in [6.45, 7) is 2.21. The number of rotatable bonds is 4. The minimum Gasteiger partial charge on any atom is -0.369 e. The molecule has 134 valence electrons. The van der Waals surface area contributed by atoms with Gasteiger partial charge in [-0.05, 0) is 24.3 Å². The minimum absolute atomic E-state index is 0.175. The van der Waals surface area contributed by atoms with Gasteiger partial charge in [0.1, 0.15) is 10.7 Å². The van der Waals surface area contributed by atoms with Gasteiger partial charge in [-0.15, -0.1) is 0 Å². The third kappa shape index (κ3) is 3.36. The summed E-state index contributed by atoms with van der Waals surface area (Å²) < 4.78 is 67.2. The zero-order chi connectivity index (χ0) is 18.0. The van der Waals surface area contributed by atoms with Crippen LogP contribution in [0.2, 0.25) is 0 Å². The first-order chi connectivity index (χ1) is 11.9. The van der Waals surface area contributed by atoms with Crippen LogP contribution in [0.3, 0.4) is 0 Å². The maximum Gasteiger partial charge on any atom is 0.267 e. The number of nitrogens with zero attached hydrogens (tertiary/aromatic N) is 1. The van der Waals surface area contributed by atoms with Crippen LogP contribution in [0.1, 0.15) is 12.0 Å². The van der Waals surface area contributed by atoms with Crippen LogP contribution >= 0.6 is 0 Å². The van der Waals surface area contributed by atoms with Crippen molar-refractivity contribution in [3.8, 4) is 0 Å². The van der Waals surface area contributed by atoms with Crippen LogP contribution in [0.25, 0.3) is 0 Å². The second kappa shape index (κ2) is 7.05. The number of hydrogen-bond donors (Lipinski definition) is 1. The van der Waals surface area contributed by atoms with Crippen LogP contribution in [-0.2, 0) is 9.84 Å². The van der Waals surface area contributed by atoms with Crippen molar-refractivity contribution < 1.29 is 21.6 Å². The lowest BCUT2D eigenvalue weighted by Gasteiger charge is -2.31. The van der Waals surface area contributed by atoms with Gasteiger partial charge in [-0.3, -0.25) is 0 Å². The van der Waals surface area contributed by atoms with Gasteiger partial charge in [-0.2, -0.15) is 0 Å². The summed E-state index contributed by atoms with van der Waals surface area (Å²) in [4.78, 5) is 0.566. The highest BCUT2D eigenvalue weighted by Gasteiger charge is 2.31. The lowest BCUT2D eigenvalue weighted by molar-refractivity contribution is 0.148. The molecular formula is C17H17F3N2O2S. The molecule has 0 atom stereocenters. The number of halogens is 3. The molecule has 0 radical (unpaired) electrons. The van der Waals surface area contributed by atoms with E-state index in [0.717, 1.165) is 18.2 Å². The van der Waals surface area contributed by atoms with Crippen molar-refractivity contribution in [3.05, 3.63) is 53.8 Å². The summed E-state index contributed by atoms with van der Waals surface area (Å²) in [7, 11) is -4.40. The molecular weight excluding hydrogens is 353 g/mol. The predicted octanol–water partition coefficient (Wildman–Crippen LogP) is 3.01. The van der Waals surface area contributed by atoms with Crippen LogP contribution in [0.15, 0.2) is 52.3 Å². The second-order valence-electron chi connectivity index (χ2n) is 5.66. The van der Waals surface area contributed by atoms with Gasteiger partial charge >= 0.3 is 0 Å². The third-order valence-electron chi connectivity index (χ3n) is 4.13. The Bertz CT molecular complexity index is 866. The highest BCUT2D eigenvalue weighted by Crippen LogP contribution is 2.38. The highest BCUT2D eigenvalue weighted by atomic mass is 32.2. The molecule has 0 saturated carbocycles. The Morgan fingerprint density at radius 3 is 2.24 bits per heavy atom. The number of benzene rings is 2. The molecule has 25 heavy (non-hydrogen) atoms. The standard InChI is InChI=1S/C17H17F3N2O2S/c18-12-4-1-2-6-14(12)25(23,24)15-7-3-5-13(16(15)17(19)20)22-10-8-21-9-11-22/h1-7,17,21H,8-11H2. The summed E-state index contributed by atoms with van der Waals surface area (Å²) in [5.74, 6) is -0.963. The molecule has 4 nitrogen and oxygen atoms in total. The monoisotopic (exact) mass is 370 g/mol. The molecule has 0 aromatic heterocycles. The Balaban J connectivity index is 2.18. The van der Waals surface area contributed by atoms with E-state index in [-0.39, 0.29) is 5.69 Å². The van der Waals surface area contributed by atoms with E-state index >= 15 is 0 Å². The molecule has 1 saturated heterocycles. The lowest BCUT2D eigenvalue weighted by atomic mass is 10.1. The van der Waals surface area contributed by atoms with E-state index < -0.39 is 37.4 Å². The van der Waals surface area contributed by atoms with Crippen LogP contribution < -0.4 is 10.2 Å². The average molecular weight is 370 g/mol. The van der Waals surface area contributed by atoms with Crippen LogP contribution in [0, 0.1) is 5.82 Å². The molecule has 1 fully saturated rings. The number of nitrogens with one attached hydrogen (secondary N) is 1. The lowest BCUT2D eigenvalue weighted by Crippen LogP contribution is -2.44. The first kappa shape index (κ1) is 17.8. The van der Waals surface area contributed by atoms with Crippen molar-refractivity contribution in [2.45, 2.75) is 16.2 Å². The van der Waals surface area contributed by atoms with E-state index in [1.54, 1.807) is 4.90 Å². The summed E-state index contributed by atoms with van der Waals surface area (Å²) in [5.41, 5.74) is -0.401. The molecule has 2 aromatic carbocycles. The van der Waals surface area contributed by atoms with E-state index in [9.17, 15) is 21.6 Å². The first-order valence-corrected chi connectivity index (χ1v) is 9.27. The van der Waals surface area contributed by atoms with Crippen molar-refractivity contribution in [1.29, 1.82) is 0 Å². The normalized spacial score (nSPS) is 15.6. The number of piperazine rings is 1. The smallest absolute Gasteiger partial charge is 0.267 e. The number of hydrogen-bond acceptors (Lipinski definition) is 4. The van der Waals surface area contributed by atoms with Gasteiger partial charge in [0.15, 0.2) is 0 Å². The van der Waals surface area contributed by atoms with Gasteiger partial charge in [0, 0.05) is 31.9 Å². The van der Waals surface area contributed by atoms with Gasteiger partial charge < -0.3 is 10.2 Å². The van der Waals surface area contributed by atoms with Gasteiger partial charge in [0.2, 0.25) is 9.84 Å². The Hall–Kier alpha value is -2.06. The molecule has 2 aromatic rings. The summed E-state index contributed by atoms with van der Waals surface area (Å²) in [6, 6.07) is 8.78. The molecule has 1 aliphatic rings. The van der Waals surface area contributed by atoms with Crippen molar-refractivity contribution in [1.82, 2.24) is 5.32 Å². The van der Waals surface area contributed by atoms with Crippen molar-refractivity contribution in [3.63, 3.8) is 0 Å². The number of anilines is 1. The summed E-state index contributed by atoms with van der Waals surface area (Å²) >= 11 is 0. The number of sulfone groups is 1. The Morgan fingerprint density at radius 2 is 1.60 bits per heavy atom. The van der Waals surface area contributed by atoms with Gasteiger partial charge in [0.25, 0.3) is 6.43 Å². The van der Waals surface area contributed by atoms with E-state index in [4.69, 9.17) is 0 Å². The largest absolute Gasteiger partial charge is 0.369 e. The molecule has 3 rings (SSSR count). The van der Waals surface area contributed by atoms with E-state index in [1.165, 1.54) is 24.3 Å². The second-order valence-corrected chi connectivity index (χ2v) is 7.55. The fourth-order valence-electron chi connectivity index (χ4n) is 2.95. The van der Waals surface area contributed by atoms with Crippen LogP contribution in [-0.4, -0.2) is 34.6 Å². The molecule has 1 heterocycles. The zero-order valence-electron chi connectivity index (χ0n) is 13.3. The number of alkyl halides is 2. The maximum atomic E-state index is 14.0. The summed E-state index contributed by atoms with van der Waals surface area (Å²) in [5, 5.41) is 3.11. The van der Waals surface area contributed by atoms with Gasteiger partial charge in [-0.1, -0.05) is 18.2 Å². The Morgan fingerprint density at radius 1 is 0.960 bits per heavy atom. The van der Waals surface area contributed by atoms with Gasteiger partial charge in [0.05, 0.1) is 10.5 Å². The Labute approximate surface area is 144 Å². The van der Waals surface area contributed by atoms with E-state index in [2.05, 4.69) is 5.32 Å². The predicted molar refractivity (Wildman–Crippen MR) is 88.3 cm³/mol. The van der Waals surface area contributed by atoms with E-state index in [0.29, 0.717) is 26.2 Å².